The fraction of sp³-hybridized carbons (Fsp3) is 0.350. The lowest BCUT2D eigenvalue weighted by Crippen LogP contribution is -2.23. The zero-order valence-corrected chi connectivity index (χ0v) is 15.8. The molecule has 2 aromatic carbocycles. The first kappa shape index (κ1) is 23.7. The van der Waals surface area contributed by atoms with Crippen molar-refractivity contribution >= 4 is 5.97 Å². The monoisotopic (exact) mass is 472 g/mol. The Kier molecular flexibility index (Phi) is 5.63. The Hall–Kier alpha value is -2.92. The normalized spacial score (nSPS) is 16.0. The van der Waals surface area contributed by atoms with Crippen molar-refractivity contribution in [3.8, 4) is 16.9 Å². The van der Waals surface area contributed by atoms with E-state index in [1.165, 1.54) is 0 Å². The van der Waals surface area contributed by atoms with E-state index in [0.29, 0.717) is 30.3 Å². The largest absolute Gasteiger partial charge is 0.483 e. The summed E-state index contributed by atoms with van der Waals surface area (Å²) in [7, 11) is 0. The minimum Gasteiger partial charge on any atom is -0.483 e. The van der Waals surface area contributed by atoms with Gasteiger partial charge in [-0.2, -0.15) is 39.5 Å². The van der Waals surface area contributed by atoms with Gasteiger partial charge in [-0.15, -0.1) is 0 Å². The first-order chi connectivity index (χ1) is 14.5. The van der Waals surface area contributed by atoms with Gasteiger partial charge in [-0.3, -0.25) is 4.79 Å². The molecule has 12 heteroatoms. The maximum atomic E-state index is 13.8. The standard InChI is InChI=1S/C20H13F9O3/c21-18(22,23)9-32-14-8-12(17(5-6-17)16(30)31)7-13(20(27,28)29)15(14)10-1-3-11(4-2-10)19(24,25)26/h1-4,7-8H,5-6,9H2,(H,30,31). The van der Waals surface area contributed by atoms with Crippen LogP contribution in [0.25, 0.3) is 11.1 Å². The van der Waals surface area contributed by atoms with E-state index in [-0.39, 0.29) is 12.8 Å². The summed E-state index contributed by atoms with van der Waals surface area (Å²) in [5.41, 5.74) is -6.18. The fourth-order valence-electron chi connectivity index (χ4n) is 3.26. The molecule has 1 fully saturated rings. The van der Waals surface area contributed by atoms with E-state index >= 15 is 0 Å². The number of rotatable bonds is 5. The van der Waals surface area contributed by atoms with E-state index in [9.17, 15) is 49.4 Å². The van der Waals surface area contributed by atoms with E-state index in [0.717, 1.165) is 6.07 Å². The second-order valence-corrected chi connectivity index (χ2v) is 7.26. The van der Waals surface area contributed by atoms with Crippen molar-refractivity contribution in [2.75, 3.05) is 6.61 Å². The van der Waals surface area contributed by atoms with E-state index < -0.39 is 70.1 Å². The number of benzene rings is 2. The predicted octanol–water partition coefficient (Wildman–Crippen LogP) is 6.45. The summed E-state index contributed by atoms with van der Waals surface area (Å²) in [5.74, 6) is -2.38. The van der Waals surface area contributed by atoms with E-state index in [1.54, 1.807) is 0 Å². The molecule has 0 radical (unpaired) electrons. The Balaban J connectivity index is 2.24. The van der Waals surface area contributed by atoms with Gasteiger partial charge in [0.25, 0.3) is 0 Å². The van der Waals surface area contributed by atoms with E-state index in [4.69, 9.17) is 0 Å². The Bertz CT molecular complexity index is 1010. The van der Waals surface area contributed by atoms with Crippen molar-refractivity contribution in [3.05, 3.63) is 53.1 Å². The van der Waals surface area contributed by atoms with Crippen LogP contribution in [0.15, 0.2) is 36.4 Å². The minimum absolute atomic E-state index is 0.0298. The Morgan fingerprint density at radius 1 is 0.906 bits per heavy atom. The molecular formula is C20H13F9O3. The topological polar surface area (TPSA) is 46.5 Å². The first-order valence-corrected chi connectivity index (χ1v) is 8.91. The molecule has 32 heavy (non-hydrogen) atoms. The highest BCUT2D eigenvalue weighted by molar-refractivity contribution is 5.86. The van der Waals surface area contributed by atoms with Crippen molar-refractivity contribution in [2.45, 2.75) is 36.8 Å². The number of aliphatic carboxylic acids is 1. The van der Waals surface area contributed by atoms with Gasteiger partial charge in [-0.1, -0.05) is 12.1 Å². The van der Waals surface area contributed by atoms with Gasteiger partial charge in [0.1, 0.15) is 5.75 Å². The smallest absolute Gasteiger partial charge is 0.422 e. The third-order valence-corrected chi connectivity index (χ3v) is 5.01. The summed E-state index contributed by atoms with van der Waals surface area (Å²) < 4.78 is 123. The van der Waals surface area contributed by atoms with Crippen LogP contribution in [0.4, 0.5) is 39.5 Å². The van der Waals surface area contributed by atoms with Gasteiger partial charge in [0.05, 0.1) is 16.5 Å². The maximum absolute atomic E-state index is 13.8. The zero-order chi connectivity index (χ0) is 24.1. The molecular weight excluding hydrogens is 459 g/mol. The molecule has 0 heterocycles. The Labute approximate surface area is 174 Å². The van der Waals surface area contributed by atoms with Gasteiger partial charge in [0.2, 0.25) is 0 Å². The summed E-state index contributed by atoms with van der Waals surface area (Å²) >= 11 is 0. The second-order valence-electron chi connectivity index (χ2n) is 7.26. The highest BCUT2D eigenvalue weighted by atomic mass is 19.4. The number of hydrogen-bond donors (Lipinski definition) is 1. The quantitative estimate of drug-likeness (QED) is 0.509. The van der Waals surface area contributed by atoms with E-state index in [2.05, 4.69) is 4.74 Å². The number of ether oxygens (including phenoxy) is 1. The van der Waals surface area contributed by atoms with Crippen LogP contribution in [0.1, 0.15) is 29.5 Å². The lowest BCUT2D eigenvalue weighted by atomic mass is 9.89. The van der Waals surface area contributed by atoms with Crippen LogP contribution in [-0.2, 0) is 22.6 Å². The van der Waals surface area contributed by atoms with Gasteiger partial charge in [-0.25, -0.2) is 0 Å². The molecule has 1 aliphatic rings. The van der Waals surface area contributed by atoms with Gasteiger partial charge in [-0.05, 0) is 48.2 Å². The number of alkyl halides is 9. The van der Waals surface area contributed by atoms with Crippen LogP contribution >= 0.6 is 0 Å². The molecule has 0 aromatic heterocycles. The number of halogens is 9. The number of carboxylic acids is 1. The number of carboxylic acid groups (broad SMARTS) is 1. The molecule has 0 unspecified atom stereocenters. The molecule has 0 bridgehead atoms. The number of carbonyl (C=O) groups is 1. The molecule has 174 valence electrons. The van der Waals surface area contributed by atoms with Crippen LogP contribution in [0.5, 0.6) is 5.75 Å². The van der Waals surface area contributed by atoms with Gasteiger partial charge in [0, 0.05) is 5.56 Å². The molecule has 0 spiro atoms. The first-order valence-electron chi connectivity index (χ1n) is 8.91. The summed E-state index contributed by atoms with van der Waals surface area (Å²) in [6, 6.07) is 3.59. The summed E-state index contributed by atoms with van der Waals surface area (Å²) in [4.78, 5) is 11.6. The van der Waals surface area contributed by atoms with Gasteiger partial charge < -0.3 is 9.84 Å². The van der Waals surface area contributed by atoms with Gasteiger partial charge in [0.15, 0.2) is 6.61 Å². The molecule has 1 saturated carbocycles. The summed E-state index contributed by atoms with van der Waals surface area (Å²) in [5, 5.41) is 9.39. The van der Waals surface area contributed by atoms with Crippen LogP contribution in [0, 0.1) is 0 Å². The highest BCUT2D eigenvalue weighted by Gasteiger charge is 2.53. The van der Waals surface area contributed by atoms with E-state index in [1.807, 2.05) is 0 Å². The van der Waals surface area contributed by atoms with Crippen LogP contribution in [0.2, 0.25) is 0 Å². The van der Waals surface area contributed by atoms with Crippen molar-refractivity contribution in [1.29, 1.82) is 0 Å². The molecule has 1 N–H and O–H groups in total. The van der Waals surface area contributed by atoms with Crippen molar-refractivity contribution in [3.63, 3.8) is 0 Å². The summed E-state index contributed by atoms with van der Waals surface area (Å²) in [6.45, 7) is -1.98. The zero-order valence-electron chi connectivity index (χ0n) is 15.8. The third-order valence-electron chi connectivity index (χ3n) is 5.01. The van der Waals surface area contributed by atoms with Crippen molar-refractivity contribution in [1.82, 2.24) is 0 Å². The number of hydrogen-bond acceptors (Lipinski definition) is 2. The fourth-order valence-corrected chi connectivity index (χ4v) is 3.26. The molecule has 1 aliphatic carbocycles. The third kappa shape index (κ3) is 4.78. The van der Waals surface area contributed by atoms with Gasteiger partial charge >= 0.3 is 24.5 Å². The summed E-state index contributed by atoms with van der Waals surface area (Å²) in [6.07, 6.45) is -14.9. The predicted molar refractivity (Wildman–Crippen MR) is 92.0 cm³/mol. The van der Waals surface area contributed by atoms with Crippen LogP contribution in [0.3, 0.4) is 0 Å². The maximum Gasteiger partial charge on any atom is 0.422 e. The SMILES string of the molecule is O=C(O)C1(c2cc(OCC(F)(F)F)c(-c3ccc(C(F)(F)F)cc3)c(C(F)(F)F)c2)CC1. The van der Waals surface area contributed by atoms with Crippen LogP contribution in [-0.4, -0.2) is 23.9 Å². The molecule has 0 aliphatic heterocycles. The van der Waals surface area contributed by atoms with Crippen molar-refractivity contribution in [2.24, 2.45) is 0 Å². The molecule has 0 atom stereocenters. The second kappa shape index (κ2) is 7.59. The molecule has 2 aromatic rings. The van der Waals surface area contributed by atoms with Crippen molar-refractivity contribution < 1.29 is 54.2 Å². The Morgan fingerprint density at radius 3 is 1.88 bits per heavy atom. The van der Waals surface area contributed by atoms with Crippen LogP contribution < -0.4 is 4.74 Å². The Morgan fingerprint density at radius 2 is 1.47 bits per heavy atom. The minimum atomic E-state index is -5.17. The molecule has 0 amide bonds. The highest BCUT2D eigenvalue weighted by Crippen LogP contribution is 2.53. The lowest BCUT2D eigenvalue weighted by Gasteiger charge is -2.22. The average molecular weight is 472 g/mol. The average Bonchev–Trinajstić information content (AvgIpc) is 3.46. The lowest BCUT2D eigenvalue weighted by molar-refractivity contribution is -0.153. The molecule has 0 saturated heterocycles. The molecule has 3 nitrogen and oxygen atoms in total. The molecule has 3 rings (SSSR count).